The van der Waals surface area contributed by atoms with Gasteiger partial charge < -0.3 is 0 Å². The van der Waals surface area contributed by atoms with Crippen LogP contribution >= 0.6 is 23.2 Å². The van der Waals surface area contributed by atoms with Gasteiger partial charge in [0.15, 0.2) is 0 Å². The van der Waals surface area contributed by atoms with Gasteiger partial charge in [0.2, 0.25) is 5.91 Å². The Kier molecular flexibility index (Phi) is 4.46. The largest absolute Gasteiger partial charge is 0.286 e. The van der Waals surface area contributed by atoms with E-state index in [0.717, 1.165) is 16.5 Å². The van der Waals surface area contributed by atoms with E-state index in [2.05, 4.69) is 5.43 Å². The van der Waals surface area contributed by atoms with Crippen LogP contribution in [0.15, 0.2) is 60.8 Å². The van der Waals surface area contributed by atoms with Crippen LogP contribution in [0.1, 0.15) is 17.3 Å². The van der Waals surface area contributed by atoms with Crippen molar-refractivity contribution in [3.05, 3.63) is 71.4 Å². The Bertz CT molecular complexity index is 1050. The fourth-order valence-electron chi connectivity index (χ4n) is 3.53. The molecule has 2 unspecified atom stereocenters. The zero-order valence-corrected chi connectivity index (χ0v) is 16.0. The normalized spacial score (nSPS) is 22.1. The maximum absolute atomic E-state index is 12.7. The molecule has 7 heteroatoms. The Morgan fingerprint density at radius 2 is 1.85 bits per heavy atom. The molecule has 2 atom stereocenters. The molecule has 0 spiro atoms. The summed E-state index contributed by atoms with van der Waals surface area (Å²) in [5.41, 5.74) is 3.66. The maximum Gasteiger partial charge on any atom is 0.258 e. The first kappa shape index (κ1) is 18.0. The Hall–Kier alpha value is -2.34. The lowest BCUT2D eigenvalue weighted by Crippen LogP contribution is -2.73. The van der Waals surface area contributed by atoms with E-state index in [9.17, 15) is 9.59 Å². The molecule has 4 rings (SSSR count). The van der Waals surface area contributed by atoms with Crippen molar-refractivity contribution in [3.8, 4) is 0 Å². The molecular formula is C20H17Cl2N3O2. The number of carbonyl (C=O) groups excluding carboxylic acids is 2. The highest BCUT2D eigenvalue weighted by Crippen LogP contribution is 2.45. The standard InChI is InChI=1S/C20H17Cl2N3O2/c1-20(14-7-3-4-8-15(14)21)18(22)19(27)25(20)23-12-17(26)24-11-10-13-6-2-5-9-16(13)24/h2-11,18,23H,12H2,1H3. The minimum absolute atomic E-state index is 0.0476. The molecule has 1 N–H and O–H groups in total. The van der Waals surface area contributed by atoms with Crippen molar-refractivity contribution in [1.82, 2.24) is 15.0 Å². The molecule has 1 fully saturated rings. The number of carbonyl (C=O) groups is 2. The third-order valence-corrected chi connectivity index (χ3v) is 6.01. The van der Waals surface area contributed by atoms with Crippen molar-refractivity contribution in [3.63, 3.8) is 0 Å². The summed E-state index contributed by atoms with van der Waals surface area (Å²) in [7, 11) is 0. The SMILES string of the molecule is CC1(c2ccccc2Cl)C(Cl)C(=O)N1NCC(=O)n1ccc2ccccc21. The summed E-state index contributed by atoms with van der Waals surface area (Å²) < 4.78 is 1.57. The minimum Gasteiger partial charge on any atom is -0.286 e. The van der Waals surface area contributed by atoms with Crippen LogP contribution < -0.4 is 5.43 Å². The summed E-state index contributed by atoms with van der Waals surface area (Å²) in [5.74, 6) is -0.465. The minimum atomic E-state index is -0.837. The molecule has 2 aromatic carbocycles. The molecule has 5 nitrogen and oxygen atoms in total. The molecule has 138 valence electrons. The lowest BCUT2D eigenvalue weighted by atomic mass is 9.80. The van der Waals surface area contributed by atoms with E-state index >= 15 is 0 Å². The molecule has 0 aliphatic carbocycles. The van der Waals surface area contributed by atoms with Gasteiger partial charge in [0, 0.05) is 16.6 Å². The van der Waals surface area contributed by atoms with Crippen LogP contribution in [0.2, 0.25) is 5.02 Å². The number of para-hydroxylation sites is 1. The number of hydrogen-bond acceptors (Lipinski definition) is 3. The molecule has 0 saturated carbocycles. The van der Waals surface area contributed by atoms with Crippen LogP contribution in [0.5, 0.6) is 0 Å². The van der Waals surface area contributed by atoms with Gasteiger partial charge in [-0.25, -0.2) is 5.43 Å². The van der Waals surface area contributed by atoms with Gasteiger partial charge in [-0.2, -0.15) is 0 Å². The average Bonchev–Trinajstić information content (AvgIpc) is 3.11. The Balaban J connectivity index is 1.56. The predicted octanol–water partition coefficient (Wildman–Crippen LogP) is 3.80. The highest BCUT2D eigenvalue weighted by Gasteiger charge is 2.58. The summed E-state index contributed by atoms with van der Waals surface area (Å²) in [5, 5.41) is 2.14. The summed E-state index contributed by atoms with van der Waals surface area (Å²) in [4.78, 5) is 25.0. The first-order valence-corrected chi connectivity index (χ1v) is 9.32. The zero-order valence-electron chi connectivity index (χ0n) is 14.5. The molecule has 2 heterocycles. The quantitative estimate of drug-likeness (QED) is 0.534. The number of hydrazine groups is 1. The number of alkyl halides is 1. The molecule has 0 radical (unpaired) electrons. The summed E-state index contributed by atoms with van der Waals surface area (Å²) in [6, 6.07) is 16.7. The van der Waals surface area contributed by atoms with Gasteiger partial charge in [-0.15, -0.1) is 11.6 Å². The van der Waals surface area contributed by atoms with Gasteiger partial charge in [0.05, 0.1) is 12.1 Å². The second-order valence-corrected chi connectivity index (χ2v) is 7.48. The first-order valence-electron chi connectivity index (χ1n) is 8.50. The fraction of sp³-hybridized carbons (Fsp3) is 0.200. The number of hydrogen-bond donors (Lipinski definition) is 1. The Morgan fingerprint density at radius 1 is 1.15 bits per heavy atom. The molecule has 1 saturated heterocycles. The highest BCUT2D eigenvalue weighted by atomic mass is 35.5. The predicted molar refractivity (Wildman–Crippen MR) is 106 cm³/mol. The van der Waals surface area contributed by atoms with E-state index in [4.69, 9.17) is 23.2 Å². The molecular weight excluding hydrogens is 385 g/mol. The number of nitrogens with zero attached hydrogens (tertiary/aromatic N) is 2. The number of halogens is 2. The number of benzene rings is 2. The molecule has 1 amide bonds. The van der Waals surface area contributed by atoms with Crippen LogP contribution in [0, 0.1) is 0 Å². The smallest absolute Gasteiger partial charge is 0.258 e. The van der Waals surface area contributed by atoms with E-state index in [1.165, 1.54) is 5.01 Å². The summed E-state index contributed by atoms with van der Waals surface area (Å²) >= 11 is 12.6. The van der Waals surface area contributed by atoms with Crippen LogP contribution in [-0.4, -0.2) is 33.3 Å². The van der Waals surface area contributed by atoms with Crippen LogP contribution in [0.4, 0.5) is 0 Å². The number of amides is 1. The van der Waals surface area contributed by atoms with E-state index < -0.39 is 10.9 Å². The number of fused-ring (bicyclic) bond motifs is 1. The Labute approximate surface area is 166 Å². The third-order valence-electron chi connectivity index (χ3n) is 5.07. The van der Waals surface area contributed by atoms with Gasteiger partial charge in [-0.3, -0.25) is 19.2 Å². The third kappa shape index (κ3) is 2.74. The molecule has 1 aliphatic rings. The number of β-lactam (4-membered cyclic amide) rings is 1. The second-order valence-electron chi connectivity index (χ2n) is 6.64. The Morgan fingerprint density at radius 3 is 2.63 bits per heavy atom. The monoisotopic (exact) mass is 401 g/mol. The average molecular weight is 402 g/mol. The number of aromatic nitrogens is 1. The molecule has 0 bridgehead atoms. The molecule has 27 heavy (non-hydrogen) atoms. The van der Waals surface area contributed by atoms with Crippen LogP contribution in [0.25, 0.3) is 10.9 Å². The molecule has 3 aromatic rings. The van der Waals surface area contributed by atoms with Crippen LogP contribution in [0.3, 0.4) is 0 Å². The molecule has 1 aliphatic heterocycles. The highest BCUT2D eigenvalue weighted by molar-refractivity contribution is 6.35. The lowest BCUT2D eigenvalue weighted by Gasteiger charge is -2.53. The second kappa shape index (κ2) is 6.68. The van der Waals surface area contributed by atoms with Crippen molar-refractivity contribution in [1.29, 1.82) is 0 Å². The van der Waals surface area contributed by atoms with Gasteiger partial charge >= 0.3 is 0 Å². The summed E-state index contributed by atoms with van der Waals surface area (Å²) in [6.45, 7) is 1.78. The van der Waals surface area contributed by atoms with Crippen molar-refractivity contribution < 1.29 is 9.59 Å². The van der Waals surface area contributed by atoms with Gasteiger partial charge in [0.25, 0.3) is 5.91 Å². The van der Waals surface area contributed by atoms with E-state index in [0.29, 0.717) is 5.02 Å². The summed E-state index contributed by atoms with van der Waals surface area (Å²) in [6.07, 6.45) is 1.73. The van der Waals surface area contributed by atoms with Crippen LogP contribution in [-0.2, 0) is 10.3 Å². The van der Waals surface area contributed by atoms with E-state index in [-0.39, 0.29) is 18.4 Å². The van der Waals surface area contributed by atoms with Crippen molar-refractivity contribution in [2.75, 3.05) is 6.54 Å². The van der Waals surface area contributed by atoms with E-state index in [1.54, 1.807) is 16.8 Å². The van der Waals surface area contributed by atoms with Crippen molar-refractivity contribution in [2.45, 2.75) is 17.8 Å². The first-order chi connectivity index (χ1) is 12.9. The maximum atomic E-state index is 12.7. The van der Waals surface area contributed by atoms with E-state index in [1.807, 2.05) is 55.5 Å². The van der Waals surface area contributed by atoms with Crippen molar-refractivity contribution >= 4 is 45.9 Å². The topological polar surface area (TPSA) is 54.3 Å². The van der Waals surface area contributed by atoms with Gasteiger partial charge in [-0.05, 0) is 30.7 Å². The molecule has 1 aromatic heterocycles. The fourth-order valence-corrected chi connectivity index (χ4v) is 4.17. The number of rotatable bonds is 4. The lowest BCUT2D eigenvalue weighted by molar-refractivity contribution is -0.162. The van der Waals surface area contributed by atoms with Gasteiger partial charge in [0.1, 0.15) is 10.9 Å². The zero-order chi connectivity index (χ0) is 19.2. The number of nitrogens with one attached hydrogen (secondary N) is 1. The van der Waals surface area contributed by atoms with Crippen molar-refractivity contribution in [2.24, 2.45) is 0 Å². The van der Waals surface area contributed by atoms with Gasteiger partial charge in [-0.1, -0.05) is 48.0 Å².